The van der Waals surface area contributed by atoms with Gasteiger partial charge in [0.05, 0.1) is 0 Å². The van der Waals surface area contributed by atoms with Gasteiger partial charge in [-0.25, -0.2) is 4.79 Å². The van der Waals surface area contributed by atoms with Gasteiger partial charge in [0.15, 0.2) is 0 Å². The van der Waals surface area contributed by atoms with Crippen LogP contribution in [-0.2, 0) is 9.59 Å². The van der Waals surface area contributed by atoms with E-state index in [0.29, 0.717) is 30.1 Å². The maximum absolute atomic E-state index is 12.8. The van der Waals surface area contributed by atoms with Crippen molar-refractivity contribution < 1.29 is 14.4 Å². The second kappa shape index (κ2) is 6.38. The molecule has 1 saturated carbocycles. The number of aryl methyl sites for hydroxylation is 1. The van der Waals surface area contributed by atoms with Gasteiger partial charge < -0.3 is 16.4 Å². The largest absolute Gasteiger partial charge is 0.399 e. The van der Waals surface area contributed by atoms with Crippen molar-refractivity contribution >= 4 is 29.2 Å². The summed E-state index contributed by atoms with van der Waals surface area (Å²) in [4.78, 5) is 38.3. The number of nitrogens with zero attached hydrogens (tertiary/aromatic N) is 1. The average Bonchev–Trinajstić information content (AvgIpc) is 2.78. The number of rotatable bonds is 3. The second-order valence-electron chi connectivity index (χ2n) is 7.21. The van der Waals surface area contributed by atoms with Gasteiger partial charge in [-0.2, -0.15) is 0 Å². The van der Waals surface area contributed by atoms with E-state index >= 15 is 0 Å². The summed E-state index contributed by atoms with van der Waals surface area (Å²) in [6, 6.07) is 4.72. The number of carbonyl (C=O) groups excluding carboxylic acids is 3. The fourth-order valence-electron chi connectivity index (χ4n) is 3.52. The van der Waals surface area contributed by atoms with Crippen LogP contribution in [0.15, 0.2) is 18.2 Å². The predicted molar refractivity (Wildman–Crippen MR) is 94.8 cm³/mol. The minimum absolute atomic E-state index is 0.288. The Morgan fingerprint density at radius 2 is 2.04 bits per heavy atom. The summed E-state index contributed by atoms with van der Waals surface area (Å²) >= 11 is 0. The highest BCUT2D eigenvalue weighted by Crippen LogP contribution is 2.36. The summed E-state index contributed by atoms with van der Waals surface area (Å²) in [5, 5.41) is 5.54. The van der Waals surface area contributed by atoms with Gasteiger partial charge in [-0.15, -0.1) is 0 Å². The Morgan fingerprint density at radius 1 is 1.36 bits per heavy atom. The van der Waals surface area contributed by atoms with Crippen LogP contribution in [0.2, 0.25) is 0 Å². The molecule has 2 aliphatic rings. The molecule has 1 aromatic carbocycles. The first-order chi connectivity index (χ1) is 11.8. The van der Waals surface area contributed by atoms with Crippen molar-refractivity contribution in [2.45, 2.75) is 45.1 Å². The molecule has 0 bridgehead atoms. The standard InChI is InChI=1S/C18H24N4O3/c1-11-5-7-18(8-6-11)16(24)22(17(25)21-18)10-15(23)20-14-9-13(19)4-3-12(14)2/h3-4,9,11H,5-8,10,19H2,1-2H3,(H,20,23)(H,21,25). The molecule has 25 heavy (non-hydrogen) atoms. The summed E-state index contributed by atoms with van der Waals surface area (Å²) in [7, 11) is 0. The molecule has 4 N–H and O–H groups in total. The maximum Gasteiger partial charge on any atom is 0.325 e. The number of urea groups is 1. The Hall–Kier alpha value is -2.57. The van der Waals surface area contributed by atoms with Gasteiger partial charge in [-0.05, 0) is 56.2 Å². The first kappa shape index (κ1) is 17.3. The number of carbonyl (C=O) groups is 3. The Balaban J connectivity index is 1.68. The zero-order valence-electron chi connectivity index (χ0n) is 14.6. The van der Waals surface area contributed by atoms with Gasteiger partial charge in [-0.3, -0.25) is 14.5 Å². The smallest absolute Gasteiger partial charge is 0.325 e. The molecule has 7 nitrogen and oxygen atoms in total. The van der Waals surface area contributed by atoms with E-state index in [-0.39, 0.29) is 12.5 Å². The monoisotopic (exact) mass is 344 g/mol. The van der Waals surface area contributed by atoms with Crippen LogP contribution in [0.1, 0.15) is 38.2 Å². The first-order valence-corrected chi connectivity index (χ1v) is 8.61. The second-order valence-corrected chi connectivity index (χ2v) is 7.21. The molecule has 0 aromatic heterocycles. The van der Waals surface area contributed by atoms with E-state index in [2.05, 4.69) is 17.6 Å². The molecule has 1 aliphatic carbocycles. The number of imide groups is 1. The van der Waals surface area contributed by atoms with Crippen molar-refractivity contribution in [1.82, 2.24) is 10.2 Å². The van der Waals surface area contributed by atoms with Crippen molar-refractivity contribution in [1.29, 1.82) is 0 Å². The number of amides is 4. The van der Waals surface area contributed by atoms with Crippen molar-refractivity contribution in [2.75, 3.05) is 17.6 Å². The van der Waals surface area contributed by atoms with E-state index < -0.39 is 17.5 Å². The van der Waals surface area contributed by atoms with Crippen molar-refractivity contribution in [3.05, 3.63) is 23.8 Å². The fraction of sp³-hybridized carbons (Fsp3) is 0.500. The minimum atomic E-state index is -0.822. The van der Waals surface area contributed by atoms with Crippen LogP contribution >= 0.6 is 0 Å². The molecule has 1 aliphatic heterocycles. The number of nitrogen functional groups attached to an aromatic ring is 1. The molecule has 1 saturated heterocycles. The van der Waals surface area contributed by atoms with Gasteiger partial charge >= 0.3 is 6.03 Å². The number of nitrogens with one attached hydrogen (secondary N) is 2. The van der Waals surface area contributed by atoms with Gasteiger partial charge in [-0.1, -0.05) is 13.0 Å². The van der Waals surface area contributed by atoms with E-state index in [4.69, 9.17) is 5.73 Å². The topological polar surface area (TPSA) is 105 Å². The van der Waals surface area contributed by atoms with Gasteiger partial charge in [0.1, 0.15) is 12.1 Å². The normalized spacial score (nSPS) is 26.0. The lowest BCUT2D eigenvalue weighted by Crippen LogP contribution is -2.49. The van der Waals surface area contributed by atoms with Crippen molar-refractivity contribution in [2.24, 2.45) is 5.92 Å². The highest BCUT2D eigenvalue weighted by atomic mass is 16.2. The Labute approximate surface area is 146 Å². The zero-order valence-corrected chi connectivity index (χ0v) is 14.6. The number of hydrogen-bond acceptors (Lipinski definition) is 4. The molecule has 1 heterocycles. The third-order valence-electron chi connectivity index (χ3n) is 5.21. The molecule has 0 radical (unpaired) electrons. The molecule has 3 rings (SSSR count). The van der Waals surface area contributed by atoms with Crippen molar-refractivity contribution in [3.63, 3.8) is 0 Å². The summed E-state index contributed by atoms with van der Waals surface area (Å²) in [5.41, 5.74) is 6.89. The molecule has 0 atom stereocenters. The highest BCUT2D eigenvalue weighted by Gasteiger charge is 2.52. The SMILES string of the molecule is Cc1ccc(N)cc1NC(=O)CN1C(=O)NC2(CCC(C)CC2)C1=O. The molecule has 0 unspecified atom stereocenters. The third kappa shape index (κ3) is 3.31. The molecule has 134 valence electrons. The summed E-state index contributed by atoms with van der Waals surface area (Å²) in [6.07, 6.45) is 3.06. The predicted octanol–water partition coefficient (Wildman–Crippen LogP) is 2.02. The molecular formula is C18H24N4O3. The Morgan fingerprint density at radius 3 is 2.72 bits per heavy atom. The van der Waals surface area contributed by atoms with Crippen LogP contribution in [-0.4, -0.2) is 34.8 Å². The summed E-state index contributed by atoms with van der Waals surface area (Å²) in [6.45, 7) is 3.70. The molecule has 2 fully saturated rings. The van der Waals surface area contributed by atoms with E-state index in [1.54, 1.807) is 18.2 Å². The third-order valence-corrected chi connectivity index (χ3v) is 5.21. The van der Waals surface area contributed by atoms with E-state index in [0.717, 1.165) is 23.3 Å². The molecule has 7 heteroatoms. The minimum Gasteiger partial charge on any atom is -0.399 e. The zero-order chi connectivity index (χ0) is 18.2. The van der Waals surface area contributed by atoms with E-state index in [1.165, 1.54) is 0 Å². The lowest BCUT2D eigenvalue weighted by atomic mass is 9.77. The van der Waals surface area contributed by atoms with Gasteiger partial charge in [0.25, 0.3) is 5.91 Å². The summed E-state index contributed by atoms with van der Waals surface area (Å²) < 4.78 is 0. The lowest BCUT2D eigenvalue weighted by Gasteiger charge is -2.33. The number of nitrogens with two attached hydrogens (primary N) is 1. The Bertz CT molecular complexity index is 723. The number of hydrogen-bond donors (Lipinski definition) is 3. The van der Waals surface area contributed by atoms with Crippen LogP contribution in [0.3, 0.4) is 0 Å². The lowest BCUT2D eigenvalue weighted by molar-refractivity contribution is -0.135. The molecular weight excluding hydrogens is 320 g/mol. The molecule has 4 amide bonds. The fourth-order valence-corrected chi connectivity index (χ4v) is 3.52. The average molecular weight is 344 g/mol. The highest BCUT2D eigenvalue weighted by molar-refractivity contribution is 6.10. The quantitative estimate of drug-likeness (QED) is 0.576. The number of anilines is 2. The van der Waals surface area contributed by atoms with Crippen LogP contribution in [0.4, 0.5) is 16.2 Å². The van der Waals surface area contributed by atoms with E-state index in [9.17, 15) is 14.4 Å². The van der Waals surface area contributed by atoms with Crippen molar-refractivity contribution in [3.8, 4) is 0 Å². The molecule has 1 aromatic rings. The van der Waals surface area contributed by atoms with Crippen LogP contribution in [0.5, 0.6) is 0 Å². The van der Waals surface area contributed by atoms with Crippen LogP contribution in [0.25, 0.3) is 0 Å². The maximum atomic E-state index is 12.8. The van der Waals surface area contributed by atoms with Gasteiger partial charge in [0.2, 0.25) is 5.91 Å². The summed E-state index contributed by atoms with van der Waals surface area (Å²) in [5.74, 6) is -0.151. The van der Waals surface area contributed by atoms with Crippen LogP contribution < -0.4 is 16.4 Å². The van der Waals surface area contributed by atoms with Crippen LogP contribution in [0, 0.1) is 12.8 Å². The Kier molecular flexibility index (Phi) is 4.41. The van der Waals surface area contributed by atoms with E-state index in [1.807, 2.05) is 6.92 Å². The number of benzene rings is 1. The van der Waals surface area contributed by atoms with Gasteiger partial charge in [0, 0.05) is 11.4 Å². The first-order valence-electron chi connectivity index (χ1n) is 8.61. The molecule has 1 spiro atoms.